The highest BCUT2D eigenvalue weighted by molar-refractivity contribution is 7.12. The molecule has 0 spiro atoms. The number of hydrogen-bond acceptors (Lipinski definition) is 5. The summed E-state index contributed by atoms with van der Waals surface area (Å²) in [6.45, 7) is 5.46. The van der Waals surface area contributed by atoms with Crippen LogP contribution in [0, 0.1) is 6.92 Å². The highest BCUT2D eigenvalue weighted by atomic mass is 32.1. The fraction of sp³-hybridized carbons (Fsp3) is 0.533. The number of hydrogen-bond donors (Lipinski definition) is 0. The number of carbonyl (C=O) groups excluding carboxylic acids is 1. The van der Waals surface area contributed by atoms with Gasteiger partial charge in [-0.1, -0.05) is 12.1 Å². The molecule has 0 aromatic carbocycles. The molecule has 1 atom stereocenters. The van der Waals surface area contributed by atoms with Gasteiger partial charge in [0, 0.05) is 19.5 Å². The zero-order valence-electron chi connectivity index (χ0n) is 12.3. The summed E-state index contributed by atoms with van der Waals surface area (Å²) in [6.07, 6.45) is 2.75. The minimum Gasteiger partial charge on any atom is -0.339 e. The van der Waals surface area contributed by atoms with Crippen LogP contribution in [0.2, 0.25) is 0 Å². The molecule has 1 amide bonds. The van der Waals surface area contributed by atoms with Crippen molar-refractivity contribution in [3.05, 3.63) is 33.6 Å². The molecule has 0 bridgehead atoms. The monoisotopic (exact) mass is 305 g/mol. The van der Waals surface area contributed by atoms with Crippen molar-refractivity contribution in [3.63, 3.8) is 0 Å². The van der Waals surface area contributed by atoms with E-state index in [0.29, 0.717) is 12.4 Å². The summed E-state index contributed by atoms with van der Waals surface area (Å²) < 4.78 is 5.34. The van der Waals surface area contributed by atoms with Gasteiger partial charge in [0.15, 0.2) is 5.82 Å². The van der Waals surface area contributed by atoms with E-state index < -0.39 is 0 Å². The zero-order valence-corrected chi connectivity index (χ0v) is 13.2. The molecule has 0 radical (unpaired) electrons. The van der Waals surface area contributed by atoms with Crippen LogP contribution < -0.4 is 0 Å². The van der Waals surface area contributed by atoms with Crippen molar-refractivity contribution in [2.45, 2.75) is 39.0 Å². The third kappa shape index (κ3) is 2.85. The Hall–Kier alpha value is -1.69. The molecule has 1 unspecified atom stereocenters. The smallest absolute Gasteiger partial charge is 0.264 e. The van der Waals surface area contributed by atoms with E-state index >= 15 is 0 Å². The maximum atomic E-state index is 12.6. The van der Waals surface area contributed by atoms with E-state index in [0.717, 1.165) is 42.1 Å². The first-order chi connectivity index (χ1) is 10.2. The van der Waals surface area contributed by atoms with Gasteiger partial charge in [0.2, 0.25) is 5.89 Å². The second-order valence-electron chi connectivity index (χ2n) is 5.43. The first-order valence-corrected chi connectivity index (χ1v) is 8.23. The molecule has 6 heteroatoms. The van der Waals surface area contributed by atoms with Gasteiger partial charge in [-0.25, -0.2) is 0 Å². The van der Waals surface area contributed by atoms with Crippen LogP contribution in [0.4, 0.5) is 0 Å². The normalized spacial score (nSPS) is 19.0. The Morgan fingerprint density at radius 3 is 3.10 bits per heavy atom. The Kier molecular flexibility index (Phi) is 4.05. The molecule has 0 saturated carbocycles. The minimum absolute atomic E-state index is 0.127. The number of aryl methyl sites for hydroxylation is 2. The van der Waals surface area contributed by atoms with Gasteiger partial charge in [-0.05, 0) is 36.8 Å². The Balaban J connectivity index is 1.74. The molecule has 1 fully saturated rings. The van der Waals surface area contributed by atoms with Crippen LogP contribution in [0.5, 0.6) is 0 Å². The average molecular weight is 305 g/mol. The molecular weight excluding hydrogens is 286 g/mol. The molecule has 2 aromatic heterocycles. The average Bonchev–Trinajstić information content (AvgIpc) is 3.15. The summed E-state index contributed by atoms with van der Waals surface area (Å²) in [5.41, 5.74) is 1.05. The standard InChI is InChI=1S/C15H19N3O2S/c1-3-12-16-14(20-17-12)11-5-4-7-18(9-11)15(19)13-10(2)6-8-21-13/h6,8,11H,3-5,7,9H2,1-2H3. The summed E-state index contributed by atoms with van der Waals surface area (Å²) in [5, 5.41) is 5.92. The van der Waals surface area contributed by atoms with E-state index in [1.807, 2.05) is 30.2 Å². The van der Waals surface area contributed by atoms with Gasteiger partial charge in [-0.15, -0.1) is 11.3 Å². The van der Waals surface area contributed by atoms with Crippen LogP contribution in [-0.2, 0) is 6.42 Å². The highest BCUT2D eigenvalue weighted by Gasteiger charge is 2.29. The number of thiophene rings is 1. The highest BCUT2D eigenvalue weighted by Crippen LogP contribution is 2.28. The van der Waals surface area contributed by atoms with Crippen molar-refractivity contribution >= 4 is 17.2 Å². The van der Waals surface area contributed by atoms with Crippen molar-refractivity contribution in [2.75, 3.05) is 13.1 Å². The van der Waals surface area contributed by atoms with Gasteiger partial charge in [0.05, 0.1) is 10.8 Å². The lowest BCUT2D eigenvalue weighted by Crippen LogP contribution is -2.39. The third-order valence-electron chi connectivity index (χ3n) is 3.91. The second kappa shape index (κ2) is 5.97. The van der Waals surface area contributed by atoms with Gasteiger partial charge in [0.25, 0.3) is 5.91 Å². The van der Waals surface area contributed by atoms with Crippen LogP contribution in [-0.4, -0.2) is 34.0 Å². The van der Waals surface area contributed by atoms with E-state index in [9.17, 15) is 4.79 Å². The molecule has 3 rings (SSSR count). The second-order valence-corrected chi connectivity index (χ2v) is 6.34. The maximum absolute atomic E-state index is 12.6. The molecule has 1 aliphatic heterocycles. The zero-order chi connectivity index (χ0) is 14.8. The molecule has 112 valence electrons. The SMILES string of the molecule is CCc1noc(C2CCCN(C(=O)c3sccc3C)C2)n1. The molecule has 21 heavy (non-hydrogen) atoms. The van der Waals surface area contributed by atoms with Crippen molar-refractivity contribution in [1.29, 1.82) is 0 Å². The molecular formula is C15H19N3O2S. The van der Waals surface area contributed by atoms with E-state index in [4.69, 9.17) is 4.52 Å². The first-order valence-electron chi connectivity index (χ1n) is 7.35. The molecule has 3 heterocycles. The summed E-state index contributed by atoms with van der Waals surface area (Å²) in [5.74, 6) is 1.70. The summed E-state index contributed by atoms with van der Waals surface area (Å²) in [4.78, 5) is 19.8. The lowest BCUT2D eigenvalue weighted by molar-refractivity contribution is 0.0700. The molecule has 0 aliphatic carbocycles. The van der Waals surface area contributed by atoms with Gasteiger partial charge in [0.1, 0.15) is 0 Å². The summed E-state index contributed by atoms with van der Waals surface area (Å²) in [6, 6.07) is 1.99. The van der Waals surface area contributed by atoms with Gasteiger partial charge in [-0.2, -0.15) is 4.98 Å². The number of nitrogens with zero attached hydrogens (tertiary/aromatic N) is 3. The Morgan fingerprint density at radius 1 is 1.57 bits per heavy atom. The number of amides is 1. The predicted molar refractivity (Wildman–Crippen MR) is 80.6 cm³/mol. The largest absolute Gasteiger partial charge is 0.339 e. The Labute approximate surface area is 128 Å². The fourth-order valence-electron chi connectivity index (χ4n) is 2.68. The number of aromatic nitrogens is 2. The van der Waals surface area contributed by atoms with Gasteiger partial charge in [-0.3, -0.25) is 4.79 Å². The lowest BCUT2D eigenvalue weighted by atomic mass is 9.97. The quantitative estimate of drug-likeness (QED) is 0.874. The van der Waals surface area contributed by atoms with Crippen LogP contribution >= 0.6 is 11.3 Å². The first kappa shape index (κ1) is 14.3. The molecule has 1 aliphatic rings. The molecule has 2 aromatic rings. The topological polar surface area (TPSA) is 59.2 Å². The van der Waals surface area contributed by atoms with Crippen molar-refractivity contribution in [3.8, 4) is 0 Å². The van der Waals surface area contributed by atoms with Crippen LogP contribution in [0.3, 0.4) is 0 Å². The van der Waals surface area contributed by atoms with Gasteiger partial charge >= 0.3 is 0 Å². The number of carbonyl (C=O) groups is 1. The van der Waals surface area contributed by atoms with E-state index in [2.05, 4.69) is 10.1 Å². The van der Waals surface area contributed by atoms with E-state index in [-0.39, 0.29) is 11.8 Å². The van der Waals surface area contributed by atoms with Crippen molar-refractivity contribution in [2.24, 2.45) is 0 Å². The van der Waals surface area contributed by atoms with Crippen LogP contribution in [0.15, 0.2) is 16.0 Å². The Bertz CT molecular complexity index is 634. The molecule has 1 saturated heterocycles. The molecule has 0 N–H and O–H groups in total. The van der Waals surface area contributed by atoms with Crippen molar-refractivity contribution < 1.29 is 9.32 Å². The molecule has 5 nitrogen and oxygen atoms in total. The van der Waals surface area contributed by atoms with E-state index in [1.165, 1.54) is 11.3 Å². The summed E-state index contributed by atoms with van der Waals surface area (Å²) >= 11 is 1.51. The maximum Gasteiger partial charge on any atom is 0.264 e. The predicted octanol–water partition coefficient (Wildman–Crippen LogP) is 3.02. The number of rotatable bonds is 3. The van der Waals surface area contributed by atoms with Gasteiger partial charge < -0.3 is 9.42 Å². The number of piperidine rings is 1. The lowest BCUT2D eigenvalue weighted by Gasteiger charge is -2.30. The minimum atomic E-state index is 0.127. The van der Waals surface area contributed by atoms with Crippen LogP contribution in [0.25, 0.3) is 0 Å². The third-order valence-corrected chi connectivity index (χ3v) is 4.92. The summed E-state index contributed by atoms with van der Waals surface area (Å²) in [7, 11) is 0. The van der Waals surface area contributed by atoms with Crippen LogP contribution in [0.1, 0.15) is 52.6 Å². The Morgan fingerprint density at radius 2 is 2.43 bits per heavy atom. The fourth-order valence-corrected chi connectivity index (χ4v) is 3.57. The van der Waals surface area contributed by atoms with E-state index in [1.54, 1.807) is 0 Å². The number of likely N-dealkylation sites (tertiary alicyclic amines) is 1. The van der Waals surface area contributed by atoms with Crippen molar-refractivity contribution in [1.82, 2.24) is 15.0 Å².